The fourth-order valence-corrected chi connectivity index (χ4v) is 2.24. The second kappa shape index (κ2) is 8.23. The van der Waals surface area contributed by atoms with Crippen molar-refractivity contribution >= 4 is 0 Å². The Bertz CT molecular complexity index is 581. The molecule has 1 N–H and O–H groups in total. The van der Waals surface area contributed by atoms with Crippen molar-refractivity contribution in [3.63, 3.8) is 0 Å². The van der Waals surface area contributed by atoms with E-state index in [1.165, 1.54) is 18.4 Å². The number of hydrogen-bond donors (Lipinski definition) is 1. The first-order valence-electron chi connectivity index (χ1n) is 7.54. The molecule has 0 fully saturated rings. The molecule has 0 aliphatic rings. The van der Waals surface area contributed by atoms with Gasteiger partial charge in [-0.3, -0.25) is 4.68 Å². The number of nitrogens with one attached hydrogen (secondary N) is 1. The van der Waals surface area contributed by atoms with Crippen molar-refractivity contribution in [3.05, 3.63) is 42.1 Å². The normalized spacial score (nSPS) is 10.5. The Labute approximate surface area is 126 Å². The first kappa shape index (κ1) is 15.3. The molecule has 1 heterocycles. The maximum Gasteiger partial charge on any atom is 0.0968 e. The summed E-state index contributed by atoms with van der Waals surface area (Å²) in [5, 5.41) is 16.8. The van der Waals surface area contributed by atoms with E-state index in [1.54, 1.807) is 0 Å². The fourth-order valence-electron chi connectivity index (χ4n) is 2.24. The molecule has 4 heteroatoms. The molecule has 0 aliphatic carbocycles. The molecule has 0 amide bonds. The molecule has 0 bridgehead atoms. The Morgan fingerprint density at radius 2 is 2.10 bits per heavy atom. The van der Waals surface area contributed by atoms with Crippen LogP contribution in [0.15, 0.2) is 36.5 Å². The summed E-state index contributed by atoms with van der Waals surface area (Å²) in [5.41, 5.74) is 3.33. The smallest absolute Gasteiger partial charge is 0.0968 e. The SMILES string of the molecule is CCCCNCc1cn(CCC#N)nc1-c1ccccc1. The number of nitrogens with zero attached hydrogens (tertiary/aromatic N) is 3. The van der Waals surface area contributed by atoms with Gasteiger partial charge in [0.05, 0.1) is 24.7 Å². The molecular formula is C17H22N4. The van der Waals surface area contributed by atoms with Crippen LogP contribution in [0.1, 0.15) is 31.7 Å². The van der Waals surface area contributed by atoms with Crippen molar-refractivity contribution in [1.29, 1.82) is 5.26 Å². The van der Waals surface area contributed by atoms with Gasteiger partial charge in [-0.1, -0.05) is 43.7 Å². The molecule has 2 rings (SSSR count). The van der Waals surface area contributed by atoms with Crippen LogP contribution in [-0.2, 0) is 13.1 Å². The summed E-state index contributed by atoms with van der Waals surface area (Å²) in [5.74, 6) is 0. The topological polar surface area (TPSA) is 53.6 Å². The van der Waals surface area contributed by atoms with Crippen molar-refractivity contribution in [1.82, 2.24) is 15.1 Å². The summed E-state index contributed by atoms with van der Waals surface area (Å²) in [6.07, 6.45) is 4.92. The van der Waals surface area contributed by atoms with E-state index >= 15 is 0 Å². The summed E-state index contributed by atoms with van der Waals surface area (Å²) in [7, 11) is 0. The summed E-state index contributed by atoms with van der Waals surface area (Å²) in [6, 6.07) is 12.4. The van der Waals surface area contributed by atoms with E-state index in [-0.39, 0.29) is 0 Å². The highest BCUT2D eigenvalue weighted by atomic mass is 15.3. The van der Waals surface area contributed by atoms with Crippen molar-refractivity contribution in [2.45, 2.75) is 39.3 Å². The Balaban J connectivity index is 2.15. The van der Waals surface area contributed by atoms with Crippen LogP contribution in [0.4, 0.5) is 0 Å². The van der Waals surface area contributed by atoms with Gasteiger partial charge in [-0.05, 0) is 13.0 Å². The highest BCUT2D eigenvalue weighted by molar-refractivity contribution is 5.62. The summed E-state index contributed by atoms with van der Waals surface area (Å²) < 4.78 is 1.88. The lowest BCUT2D eigenvalue weighted by molar-refractivity contribution is 0.623. The van der Waals surface area contributed by atoms with Gasteiger partial charge in [-0.25, -0.2) is 0 Å². The first-order chi connectivity index (χ1) is 10.3. The predicted molar refractivity (Wildman–Crippen MR) is 84.5 cm³/mol. The molecule has 0 radical (unpaired) electrons. The van der Waals surface area contributed by atoms with E-state index in [2.05, 4.69) is 41.7 Å². The molecule has 0 aliphatic heterocycles. The van der Waals surface area contributed by atoms with Gasteiger partial charge in [0.25, 0.3) is 0 Å². The summed E-state index contributed by atoms with van der Waals surface area (Å²) in [4.78, 5) is 0. The molecule has 0 unspecified atom stereocenters. The highest BCUT2D eigenvalue weighted by Crippen LogP contribution is 2.21. The zero-order chi connectivity index (χ0) is 14.9. The van der Waals surface area contributed by atoms with Crippen molar-refractivity contribution in [2.75, 3.05) is 6.54 Å². The fraction of sp³-hybridized carbons (Fsp3) is 0.412. The second-order valence-electron chi connectivity index (χ2n) is 5.07. The van der Waals surface area contributed by atoms with Crippen molar-refractivity contribution in [3.8, 4) is 17.3 Å². The Morgan fingerprint density at radius 1 is 1.29 bits per heavy atom. The van der Waals surface area contributed by atoms with Gasteiger partial charge < -0.3 is 5.32 Å². The molecule has 0 saturated carbocycles. The molecule has 21 heavy (non-hydrogen) atoms. The van der Waals surface area contributed by atoms with Gasteiger partial charge in [-0.15, -0.1) is 0 Å². The van der Waals surface area contributed by atoms with E-state index in [0.29, 0.717) is 13.0 Å². The highest BCUT2D eigenvalue weighted by Gasteiger charge is 2.10. The van der Waals surface area contributed by atoms with E-state index in [4.69, 9.17) is 5.26 Å². The van der Waals surface area contributed by atoms with Gasteiger partial charge in [-0.2, -0.15) is 10.4 Å². The third-order valence-corrected chi connectivity index (χ3v) is 3.36. The van der Waals surface area contributed by atoms with Gasteiger partial charge >= 0.3 is 0 Å². The average Bonchev–Trinajstić information content (AvgIpc) is 2.93. The largest absolute Gasteiger partial charge is 0.313 e. The summed E-state index contributed by atoms with van der Waals surface area (Å²) >= 11 is 0. The van der Waals surface area contributed by atoms with E-state index < -0.39 is 0 Å². The lowest BCUT2D eigenvalue weighted by atomic mass is 10.1. The van der Waals surface area contributed by atoms with Crippen LogP contribution in [0, 0.1) is 11.3 Å². The number of unbranched alkanes of at least 4 members (excludes halogenated alkanes) is 1. The number of aromatic nitrogens is 2. The minimum Gasteiger partial charge on any atom is -0.313 e. The zero-order valence-electron chi connectivity index (χ0n) is 12.5. The lowest BCUT2D eigenvalue weighted by Gasteiger charge is -2.04. The predicted octanol–water partition coefficient (Wildman–Crippen LogP) is 3.35. The number of nitriles is 1. The Morgan fingerprint density at radius 3 is 2.81 bits per heavy atom. The van der Waals surface area contributed by atoms with Gasteiger partial charge in [0.1, 0.15) is 0 Å². The second-order valence-corrected chi connectivity index (χ2v) is 5.07. The first-order valence-corrected chi connectivity index (χ1v) is 7.54. The van der Waals surface area contributed by atoms with Gasteiger partial charge in [0.15, 0.2) is 0 Å². The van der Waals surface area contributed by atoms with Gasteiger partial charge in [0, 0.05) is 23.9 Å². The van der Waals surface area contributed by atoms with Crippen LogP contribution in [0.25, 0.3) is 11.3 Å². The molecule has 1 aromatic carbocycles. The lowest BCUT2D eigenvalue weighted by Crippen LogP contribution is -2.14. The minimum atomic E-state index is 0.485. The zero-order valence-corrected chi connectivity index (χ0v) is 12.5. The molecule has 2 aromatic rings. The third-order valence-electron chi connectivity index (χ3n) is 3.36. The maximum absolute atomic E-state index is 8.72. The molecule has 110 valence electrons. The van der Waals surface area contributed by atoms with Crippen LogP contribution in [0.2, 0.25) is 0 Å². The van der Waals surface area contributed by atoms with Gasteiger partial charge in [0.2, 0.25) is 0 Å². The monoisotopic (exact) mass is 282 g/mol. The van der Waals surface area contributed by atoms with Crippen LogP contribution in [-0.4, -0.2) is 16.3 Å². The molecular weight excluding hydrogens is 260 g/mol. The number of rotatable bonds is 8. The van der Waals surface area contributed by atoms with Crippen molar-refractivity contribution < 1.29 is 0 Å². The third kappa shape index (κ3) is 4.44. The molecule has 4 nitrogen and oxygen atoms in total. The van der Waals surface area contributed by atoms with Crippen LogP contribution < -0.4 is 5.32 Å². The Kier molecular flexibility index (Phi) is 5.99. The molecule has 1 aromatic heterocycles. The molecule has 0 atom stereocenters. The minimum absolute atomic E-state index is 0.485. The molecule has 0 spiro atoms. The number of hydrogen-bond acceptors (Lipinski definition) is 3. The summed E-state index contributed by atoms with van der Waals surface area (Å²) in [6.45, 7) is 4.67. The quantitative estimate of drug-likeness (QED) is 0.755. The van der Waals surface area contributed by atoms with Crippen molar-refractivity contribution in [2.24, 2.45) is 0 Å². The van der Waals surface area contributed by atoms with E-state index in [9.17, 15) is 0 Å². The molecule has 0 saturated heterocycles. The standard InChI is InChI=1S/C17H22N4/c1-2-3-11-19-13-16-14-21(12-7-10-18)20-17(16)15-8-5-4-6-9-15/h4-6,8-9,14,19H,2-3,7,11-13H2,1H3. The average molecular weight is 282 g/mol. The Hall–Kier alpha value is -2.12. The van der Waals surface area contributed by atoms with Crippen LogP contribution in [0.5, 0.6) is 0 Å². The number of benzene rings is 1. The van der Waals surface area contributed by atoms with E-state index in [1.807, 2.05) is 22.9 Å². The number of aryl methyl sites for hydroxylation is 1. The van der Waals surface area contributed by atoms with Crippen LogP contribution >= 0.6 is 0 Å². The maximum atomic E-state index is 8.72. The van der Waals surface area contributed by atoms with E-state index in [0.717, 1.165) is 24.3 Å². The van der Waals surface area contributed by atoms with Crippen LogP contribution in [0.3, 0.4) is 0 Å².